The molecule has 1 aliphatic rings. The maximum Gasteiger partial charge on any atom is 0.331 e. The molecule has 6 heteroatoms. The minimum absolute atomic E-state index is 0.161. The second kappa shape index (κ2) is 8.89. The van der Waals surface area contributed by atoms with Gasteiger partial charge >= 0.3 is 5.97 Å². The summed E-state index contributed by atoms with van der Waals surface area (Å²) in [7, 11) is 0. The van der Waals surface area contributed by atoms with E-state index in [1.807, 2.05) is 43.3 Å². The Kier molecular flexibility index (Phi) is 6.10. The first-order chi connectivity index (χ1) is 13.1. The van der Waals surface area contributed by atoms with Crippen molar-refractivity contribution in [3.8, 4) is 11.5 Å². The van der Waals surface area contributed by atoms with Crippen LogP contribution in [-0.4, -0.2) is 31.7 Å². The molecule has 3 rings (SSSR count). The Morgan fingerprint density at radius 1 is 1.11 bits per heavy atom. The Labute approximate surface area is 157 Å². The molecule has 140 valence electrons. The number of rotatable bonds is 6. The Morgan fingerprint density at radius 3 is 2.63 bits per heavy atom. The Hall–Kier alpha value is -3.28. The predicted octanol–water partition coefficient (Wildman–Crippen LogP) is 2.89. The zero-order chi connectivity index (χ0) is 19.1. The lowest BCUT2D eigenvalue weighted by Gasteiger charge is -2.18. The lowest BCUT2D eigenvalue weighted by Crippen LogP contribution is -2.30. The van der Waals surface area contributed by atoms with Gasteiger partial charge in [-0.25, -0.2) is 4.79 Å². The number of fused-ring (bicyclic) bond motifs is 1. The number of nitrogens with one attached hydrogen (secondary N) is 1. The summed E-state index contributed by atoms with van der Waals surface area (Å²) in [6.07, 6.45) is 2.88. The predicted molar refractivity (Wildman–Crippen MR) is 100 cm³/mol. The molecule has 1 amide bonds. The van der Waals surface area contributed by atoms with Crippen molar-refractivity contribution in [1.29, 1.82) is 0 Å². The smallest absolute Gasteiger partial charge is 0.331 e. The van der Waals surface area contributed by atoms with Crippen molar-refractivity contribution in [3.05, 3.63) is 65.7 Å². The van der Waals surface area contributed by atoms with Crippen molar-refractivity contribution in [1.82, 2.24) is 5.32 Å². The number of hydrogen-bond acceptors (Lipinski definition) is 5. The van der Waals surface area contributed by atoms with Gasteiger partial charge in [0.25, 0.3) is 5.91 Å². The van der Waals surface area contributed by atoms with E-state index in [0.717, 1.165) is 11.1 Å². The molecule has 6 nitrogen and oxygen atoms in total. The van der Waals surface area contributed by atoms with E-state index in [0.29, 0.717) is 24.7 Å². The minimum atomic E-state index is -0.590. The normalized spacial score (nSPS) is 13.8. The third-order valence-electron chi connectivity index (χ3n) is 4.00. The van der Waals surface area contributed by atoms with Gasteiger partial charge in [-0.15, -0.1) is 0 Å². The van der Waals surface area contributed by atoms with Crippen LogP contribution in [0.15, 0.2) is 54.6 Å². The number of benzene rings is 2. The molecule has 1 atom stereocenters. The molecular formula is C21H21NO5. The number of esters is 1. The third kappa shape index (κ3) is 5.34. The molecule has 1 aliphatic heterocycles. The van der Waals surface area contributed by atoms with E-state index in [2.05, 4.69) is 5.32 Å². The van der Waals surface area contributed by atoms with E-state index in [1.165, 1.54) is 6.08 Å². The van der Waals surface area contributed by atoms with E-state index >= 15 is 0 Å². The van der Waals surface area contributed by atoms with Gasteiger partial charge in [0, 0.05) is 6.08 Å². The number of carbonyl (C=O) groups is 2. The second-order valence-corrected chi connectivity index (χ2v) is 6.04. The molecular weight excluding hydrogens is 346 g/mol. The van der Waals surface area contributed by atoms with E-state index < -0.39 is 5.97 Å². The summed E-state index contributed by atoms with van der Waals surface area (Å²) in [5.41, 5.74) is 1.76. The summed E-state index contributed by atoms with van der Waals surface area (Å²) in [6, 6.07) is 14.8. The van der Waals surface area contributed by atoms with E-state index in [9.17, 15) is 9.59 Å². The first-order valence-electron chi connectivity index (χ1n) is 8.70. The van der Waals surface area contributed by atoms with Gasteiger partial charge in [-0.3, -0.25) is 4.79 Å². The highest BCUT2D eigenvalue weighted by atomic mass is 16.6. The maximum absolute atomic E-state index is 11.9. The molecule has 2 aromatic rings. The standard InChI is InChI=1S/C21H21NO5/c1-15(17-5-3-2-4-6-17)22-20(23)14-27-21(24)10-8-16-7-9-18-19(13-16)26-12-11-25-18/h2-10,13,15H,11-12,14H2,1H3,(H,22,23)/b10-8+/t15-/m1/s1. The maximum atomic E-state index is 11.9. The minimum Gasteiger partial charge on any atom is -0.486 e. The van der Waals surface area contributed by atoms with Crippen LogP contribution < -0.4 is 14.8 Å². The molecule has 1 heterocycles. The SMILES string of the molecule is C[C@@H](NC(=O)COC(=O)/C=C/c1ccc2c(c1)OCCO2)c1ccccc1. The molecule has 0 aliphatic carbocycles. The molecule has 0 spiro atoms. The number of hydrogen-bond donors (Lipinski definition) is 1. The Morgan fingerprint density at radius 2 is 1.85 bits per heavy atom. The van der Waals surface area contributed by atoms with Crippen molar-refractivity contribution in [2.24, 2.45) is 0 Å². The van der Waals surface area contributed by atoms with Gasteiger partial charge in [0.2, 0.25) is 0 Å². The van der Waals surface area contributed by atoms with E-state index in [1.54, 1.807) is 18.2 Å². The van der Waals surface area contributed by atoms with Crippen LogP contribution in [0.1, 0.15) is 24.1 Å². The summed E-state index contributed by atoms with van der Waals surface area (Å²) in [4.78, 5) is 23.7. The van der Waals surface area contributed by atoms with Crippen molar-refractivity contribution in [2.45, 2.75) is 13.0 Å². The van der Waals surface area contributed by atoms with E-state index in [4.69, 9.17) is 14.2 Å². The van der Waals surface area contributed by atoms with Gasteiger partial charge in [-0.1, -0.05) is 36.4 Å². The summed E-state index contributed by atoms with van der Waals surface area (Å²) < 4.78 is 15.9. The molecule has 0 radical (unpaired) electrons. The van der Waals surface area contributed by atoms with Crippen LogP contribution >= 0.6 is 0 Å². The third-order valence-corrected chi connectivity index (χ3v) is 4.00. The number of ether oxygens (including phenoxy) is 3. The van der Waals surface area contributed by atoms with Crippen LogP contribution in [0.25, 0.3) is 6.08 Å². The molecule has 0 saturated heterocycles. The van der Waals surface area contributed by atoms with Crippen molar-refractivity contribution in [3.63, 3.8) is 0 Å². The fraction of sp³-hybridized carbons (Fsp3) is 0.238. The fourth-order valence-corrected chi connectivity index (χ4v) is 2.62. The molecule has 0 unspecified atom stereocenters. The van der Waals surface area contributed by atoms with Crippen LogP contribution in [0.5, 0.6) is 11.5 Å². The van der Waals surface area contributed by atoms with Crippen LogP contribution in [0.4, 0.5) is 0 Å². The van der Waals surface area contributed by atoms with Gasteiger partial charge in [-0.2, -0.15) is 0 Å². The Bertz CT molecular complexity index is 832. The summed E-state index contributed by atoms with van der Waals surface area (Å²) in [5, 5.41) is 2.79. The molecule has 0 fully saturated rings. The molecule has 1 N–H and O–H groups in total. The molecule has 0 saturated carbocycles. The lowest BCUT2D eigenvalue weighted by molar-refractivity contribution is -0.144. The first kappa shape index (κ1) is 18.5. The average molecular weight is 367 g/mol. The topological polar surface area (TPSA) is 73.9 Å². The highest BCUT2D eigenvalue weighted by Gasteiger charge is 2.12. The second-order valence-electron chi connectivity index (χ2n) is 6.04. The van der Waals surface area contributed by atoms with Gasteiger partial charge in [0.1, 0.15) is 13.2 Å². The monoisotopic (exact) mass is 367 g/mol. The highest BCUT2D eigenvalue weighted by molar-refractivity contribution is 5.89. The quantitative estimate of drug-likeness (QED) is 0.628. The van der Waals surface area contributed by atoms with Crippen LogP contribution in [-0.2, 0) is 14.3 Å². The molecule has 0 aromatic heterocycles. The highest BCUT2D eigenvalue weighted by Crippen LogP contribution is 2.31. The van der Waals surface area contributed by atoms with Crippen LogP contribution in [0.3, 0.4) is 0 Å². The molecule has 0 bridgehead atoms. The van der Waals surface area contributed by atoms with Gasteiger partial charge in [0.15, 0.2) is 18.1 Å². The lowest BCUT2D eigenvalue weighted by atomic mass is 10.1. The van der Waals surface area contributed by atoms with Crippen molar-refractivity contribution < 1.29 is 23.8 Å². The zero-order valence-electron chi connectivity index (χ0n) is 15.0. The summed E-state index contributed by atoms with van der Waals surface area (Å²) in [6.45, 7) is 2.57. The first-order valence-corrected chi connectivity index (χ1v) is 8.70. The van der Waals surface area contributed by atoms with Crippen molar-refractivity contribution >= 4 is 18.0 Å². The van der Waals surface area contributed by atoms with Crippen LogP contribution in [0, 0.1) is 0 Å². The number of carbonyl (C=O) groups excluding carboxylic acids is 2. The van der Waals surface area contributed by atoms with Gasteiger partial charge in [-0.05, 0) is 36.3 Å². The molecule has 2 aromatic carbocycles. The average Bonchev–Trinajstić information content (AvgIpc) is 2.71. The Balaban J connectivity index is 1.46. The fourth-order valence-electron chi connectivity index (χ4n) is 2.62. The summed E-state index contributed by atoms with van der Waals surface area (Å²) >= 11 is 0. The van der Waals surface area contributed by atoms with Gasteiger partial charge < -0.3 is 19.5 Å². The largest absolute Gasteiger partial charge is 0.486 e. The summed E-state index contributed by atoms with van der Waals surface area (Å²) in [5.74, 6) is 0.385. The molecule has 27 heavy (non-hydrogen) atoms. The van der Waals surface area contributed by atoms with Crippen LogP contribution in [0.2, 0.25) is 0 Å². The van der Waals surface area contributed by atoms with Gasteiger partial charge in [0.05, 0.1) is 6.04 Å². The van der Waals surface area contributed by atoms with Crippen molar-refractivity contribution in [2.75, 3.05) is 19.8 Å². The number of amides is 1. The van der Waals surface area contributed by atoms with E-state index in [-0.39, 0.29) is 18.6 Å². The zero-order valence-corrected chi connectivity index (χ0v) is 15.0.